The highest BCUT2D eigenvalue weighted by molar-refractivity contribution is 7.85. The van der Waals surface area contributed by atoms with Gasteiger partial charge in [-0.05, 0) is 55.0 Å². The normalized spacial score (nSPS) is 16.7. The summed E-state index contributed by atoms with van der Waals surface area (Å²) in [6.07, 6.45) is 1.90. The van der Waals surface area contributed by atoms with E-state index < -0.39 is 34.9 Å². The van der Waals surface area contributed by atoms with Gasteiger partial charge in [-0.1, -0.05) is 78.4 Å². The molecule has 0 saturated heterocycles. The van der Waals surface area contributed by atoms with Crippen LogP contribution in [0.3, 0.4) is 0 Å². The third-order valence-corrected chi connectivity index (χ3v) is 9.82. The van der Waals surface area contributed by atoms with Crippen LogP contribution in [0.15, 0.2) is 101 Å². The number of benzene rings is 3. The maximum absolute atomic E-state index is 13.6. The van der Waals surface area contributed by atoms with E-state index in [0.717, 1.165) is 22.1 Å². The van der Waals surface area contributed by atoms with Gasteiger partial charge in [0.15, 0.2) is 0 Å². The predicted molar refractivity (Wildman–Crippen MR) is 176 cm³/mol. The van der Waals surface area contributed by atoms with E-state index in [2.05, 4.69) is 0 Å². The Kier molecular flexibility index (Phi) is 10.7. The average molecular weight is 643 g/mol. The van der Waals surface area contributed by atoms with E-state index in [1.54, 1.807) is 17.0 Å². The zero-order chi connectivity index (χ0) is 32.6. The molecule has 9 nitrogen and oxygen atoms in total. The Balaban J connectivity index is 1.46. The summed E-state index contributed by atoms with van der Waals surface area (Å²) in [7, 11) is 1.35. The monoisotopic (exact) mass is 642 g/mol. The number of esters is 1. The maximum Gasteiger partial charge on any atom is 0.418 e. The standard InChI is InChI=1S/C36H38N2O7S/c1-4-26(23-37(21-22-46(42)27-15-9-6-10-16-27)35(40)45-24-25-13-7-5-8-14-25)28-19-20-31-32(33(28)34(39)43-2)29-17-11-12-18-30(29)38(31)36(41)44-3/h4-18,28,33H,19-24H2,1-3H3/b26-4-/t28-,33-,46?/m0/s1. The smallest absolute Gasteiger partial charge is 0.418 e. The fourth-order valence-electron chi connectivity index (χ4n) is 6.25. The number of carbonyl (C=O) groups is 3. The van der Waals surface area contributed by atoms with Gasteiger partial charge >= 0.3 is 18.2 Å². The fraction of sp³-hybridized carbons (Fsp3) is 0.306. The van der Waals surface area contributed by atoms with Gasteiger partial charge < -0.3 is 19.1 Å². The minimum absolute atomic E-state index is 0.0910. The number of carbonyl (C=O) groups excluding carboxylic acids is 3. The average Bonchev–Trinajstić information content (AvgIpc) is 3.44. The minimum Gasteiger partial charge on any atom is -0.469 e. The predicted octanol–water partition coefficient (Wildman–Crippen LogP) is 6.47. The molecule has 3 aromatic carbocycles. The van der Waals surface area contributed by atoms with Crippen molar-refractivity contribution in [3.63, 3.8) is 0 Å². The van der Waals surface area contributed by atoms with E-state index in [1.165, 1.54) is 18.8 Å². The number of rotatable bonds is 10. The SMILES string of the molecule is C/C=C(/CN(CCS(=O)c1ccccc1)C(=O)OCc1ccccc1)[C@@H]1CCc2c(c3ccccc3n2C(=O)OC)[C@H]1C(=O)OC. The molecule has 0 radical (unpaired) electrons. The van der Waals surface area contributed by atoms with Crippen LogP contribution in [0.2, 0.25) is 0 Å². The van der Waals surface area contributed by atoms with E-state index in [9.17, 15) is 18.6 Å². The van der Waals surface area contributed by atoms with Crippen LogP contribution in [0.25, 0.3) is 10.9 Å². The van der Waals surface area contributed by atoms with Gasteiger partial charge in [-0.2, -0.15) is 0 Å². The second kappa shape index (κ2) is 15.1. The number of hydrogen-bond acceptors (Lipinski definition) is 7. The van der Waals surface area contributed by atoms with E-state index in [0.29, 0.717) is 28.9 Å². The van der Waals surface area contributed by atoms with Crippen molar-refractivity contribution < 1.29 is 32.8 Å². The van der Waals surface area contributed by atoms with Crippen LogP contribution in [-0.2, 0) is 42.8 Å². The van der Waals surface area contributed by atoms with Gasteiger partial charge in [0.25, 0.3) is 0 Å². The molecule has 5 rings (SSSR count). The molecule has 0 N–H and O–H groups in total. The second-order valence-corrected chi connectivity index (χ2v) is 12.6. The number of fused-ring (bicyclic) bond motifs is 3. The first-order valence-corrected chi connectivity index (χ1v) is 16.5. The molecule has 4 aromatic rings. The second-order valence-electron chi connectivity index (χ2n) is 11.0. The van der Waals surface area contributed by atoms with Gasteiger partial charge in [0.05, 0.1) is 36.5 Å². The number of nitrogens with zero attached hydrogens (tertiary/aromatic N) is 2. The summed E-state index contributed by atoms with van der Waals surface area (Å²) in [6.45, 7) is 2.31. The minimum atomic E-state index is -1.34. The summed E-state index contributed by atoms with van der Waals surface area (Å²) in [5.74, 6) is -1.27. The van der Waals surface area contributed by atoms with Gasteiger partial charge in [0.1, 0.15) is 6.61 Å². The van der Waals surface area contributed by atoms with Crippen LogP contribution >= 0.6 is 0 Å². The van der Waals surface area contributed by atoms with Crippen molar-refractivity contribution in [2.24, 2.45) is 5.92 Å². The lowest BCUT2D eigenvalue weighted by Gasteiger charge is -2.34. The lowest BCUT2D eigenvalue weighted by Crippen LogP contribution is -2.39. The van der Waals surface area contributed by atoms with Crippen molar-refractivity contribution in [1.29, 1.82) is 0 Å². The van der Waals surface area contributed by atoms with E-state index in [1.807, 2.05) is 85.8 Å². The summed E-state index contributed by atoms with van der Waals surface area (Å²) in [5.41, 5.74) is 3.80. The summed E-state index contributed by atoms with van der Waals surface area (Å²) in [6, 6.07) is 26.0. The Labute approximate surface area is 271 Å². The Morgan fingerprint density at radius 1 is 0.935 bits per heavy atom. The molecule has 1 heterocycles. The highest BCUT2D eigenvalue weighted by Gasteiger charge is 2.42. The summed E-state index contributed by atoms with van der Waals surface area (Å²) in [5, 5.41) is 0.774. The van der Waals surface area contributed by atoms with E-state index in [-0.39, 0.29) is 31.4 Å². The van der Waals surface area contributed by atoms with Crippen LogP contribution in [0.4, 0.5) is 9.59 Å². The molecule has 0 fully saturated rings. The van der Waals surface area contributed by atoms with Crippen molar-refractivity contribution in [2.45, 2.75) is 37.2 Å². The molecular formula is C36H38N2O7S. The Morgan fingerprint density at radius 3 is 2.28 bits per heavy atom. The molecule has 1 aromatic heterocycles. The van der Waals surface area contributed by atoms with Crippen LogP contribution in [0.1, 0.15) is 36.1 Å². The first-order valence-electron chi connectivity index (χ1n) is 15.2. The molecule has 0 spiro atoms. The van der Waals surface area contributed by atoms with Crippen molar-refractivity contribution in [3.05, 3.63) is 113 Å². The first-order chi connectivity index (χ1) is 22.4. The summed E-state index contributed by atoms with van der Waals surface area (Å²) >= 11 is 0. The molecule has 46 heavy (non-hydrogen) atoms. The molecule has 0 bridgehead atoms. The first kappa shape index (κ1) is 32.7. The topological polar surface area (TPSA) is 104 Å². The Bertz CT molecular complexity index is 1750. The fourth-order valence-corrected chi connectivity index (χ4v) is 7.33. The van der Waals surface area contributed by atoms with Crippen LogP contribution in [0.5, 0.6) is 0 Å². The van der Waals surface area contributed by atoms with Crippen molar-refractivity contribution >= 4 is 39.9 Å². The van der Waals surface area contributed by atoms with Gasteiger partial charge in [0.2, 0.25) is 0 Å². The number of aromatic nitrogens is 1. The highest BCUT2D eigenvalue weighted by Crippen LogP contribution is 2.45. The third-order valence-electron chi connectivity index (χ3n) is 8.47. The molecule has 0 saturated carbocycles. The van der Waals surface area contributed by atoms with Gasteiger partial charge in [-0.25, -0.2) is 14.2 Å². The molecule has 1 aliphatic carbocycles. The summed E-state index contributed by atoms with van der Waals surface area (Å²) in [4.78, 5) is 42.3. The van der Waals surface area contributed by atoms with Gasteiger partial charge in [-0.3, -0.25) is 9.00 Å². The molecule has 1 amide bonds. The molecule has 0 aliphatic heterocycles. The third kappa shape index (κ3) is 6.92. The number of hydrogen-bond donors (Lipinski definition) is 0. The molecule has 1 aliphatic rings. The van der Waals surface area contributed by atoms with Crippen LogP contribution in [0, 0.1) is 5.92 Å². The van der Waals surface area contributed by atoms with Crippen LogP contribution in [-0.4, -0.2) is 64.9 Å². The Morgan fingerprint density at radius 2 is 1.61 bits per heavy atom. The van der Waals surface area contributed by atoms with Crippen LogP contribution < -0.4 is 0 Å². The number of methoxy groups -OCH3 is 2. The lowest BCUT2D eigenvalue weighted by molar-refractivity contribution is -0.143. The maximum atomic E-state index is 13.6. The molecule has 3 atom stereocenters. The number of ether oxygens (including phenoxy) is 3. The molecule has 240 valence electrons. The summed E-state index contributed by atoms with van der Waals surface area (Å²) < 4.78 is 30.9. The number of allylic oxidation sites excluding steroid dienone is 1. The zero-order valence-corrected chi connectivity index (χ0v) is 27.0. The Hall–Kier alpha value is -4.70. The van der Waals surface area contributed by atoms with E-state index in [4.69, 9.17) is 14.2 Å². The van der Waals surface area contributed by atoms with Crippen molar-refractivity contribution in [3.8, 4) is 0 Å². The molecular weight excluding hydrogens is 604 g/mol. The molecule has 1 unspecified atom stereocenters. The van der Waals surface area contributed by atoms with Crippen molar-refractivity contribution in [2.75, 3.05) is 33.1 Å². The number of amides is 1. The number of para-hydroxylation sites is 1. The molecule has 10 heteroatoms. The highest BCUT2D eigenvalue weighted by atomic mass is 32.2. The quantitative estimate of drug-likeness (QED) is 0.111. The zero-order valence-electron chi connectivity index (χ0n) is 26.2. The van der Waals surface area contributed by atoms with Crippen molar-refractivity contribution in [1.82, 2.24) is 9.47 Å². The van der Waals surface area contributed by atoms with E-state index >= 15 is 0 Å². The lowest BCUT2D eigenvalue weighted by atomic mass is 9.72. The largest absolute Gasteiger partial charge is 0.469 e. The van der Waals surface area contributed by atoms with Gasteiger partial charge in [0, 0.05) is 34.8 Å². The van der Waals surface area contributed by atoms with Gasteiger partial charge in [-0.15, -0.1) is 0 Å².